The molecule has 1 aliphatic rings. The highest BCUT2D eigenvalue weighted by atomic mass is 19.1. The average Bonchev–Trinajstić information content (AvgIpc) is 2.74. The van der Waals surface area contributed by atoms with Crippen LogP contribution in [-0.4, -0.2) is 30.6 Å². The third kappa shape index (κ3) is 5.28. The van der Waals surface area contributed by atoms with Crippen molar-refractivity contribution < 1.29 is 4.39 Å². The normalized spacial score (nSPS) is 18.0. The van der Waals surface area contributed by atoms with Gasteiger partial charge in [-0.15, -0.1) is 0 Å². The molecule has 0 aromatic heterocycles. The fourth-order valence-corrected chi connectivity index (χ4v) is 3.80. The lowest BCUT2D eigenvalue weighted by molar-refractivity contribution is 0.192. The van der Waals surface area contributed by atoms with E-state index in [9.17, 15) is 4.39 Å². The second-order valence-corrected chi connectivity index (χ2v) is 7.26. The zero-order chi connectivity index (χ0) is 19.8. The molecule has 0 bridgehead atoms. The number of benzene rings is 2. The highest BCUT2D eigenvalue weighted by molar-refractivity contribution is 5.67. The van der Waals surface area contributed by atoms with Crippen LogP contribution in [-0.2, 0) is 13.2 Å². The van der Waals surface area contributed by atoms with Crippen molar-refractivity contribution in [3.05, 3.63) is 96.6 Å². The van der Waals surface area contributed by atoms with Gasteiger partial charge in [0.1, 0.15) is 6.67 Å². The van der Waals surface area contributed by atoms with E-state index in [1.807, 2.05) is 42.5 Å². The minimum atomic E-state index is -0.437. The Labute approximate surface area is 168 Å². The van der Waals surface area contributed by atoms with Gasteiger partial charge in [-0.3, -0.25) is 4.90 Å². The highest BCUT2D eigenvalue weighted by Gasteiger charge is 2.19. The van der Waals surface area contributed by atoms with Crippen LogP contribution in [0, 0.1) is 0 Å². The molecule has 28 heavy (non-hydrogen) atoms. The molecule has 3 rings (SSSR count). The Morgan fingerprint density at radius 2 is 1.93 bits per heavy atom. The number of rotatable bonds is 8. The summed E-state index contributed by atoms with van der Waals surface area (Å²) >= 11 is 0. The molecule has 3 heteroatoms. The Morgan fingerprint density at radius 1 is 1.14 bits per heavy atom. The van der Waals surface area contributed by atoms with Gasteiger partial charge in [-0.1, -0.05) is 79.9 Å². The van der Waals surface area contributed by atoms with Gasteiger partial charge in [0, 0.05) is 32.2 Å². The molecule has 0 spiro atoms. The van der Waals surface area contributed by atoms with Crippen molar-refractivity contribution in [3.63, 3.8) is 0 Å². The maximum atomic E-state index is 13.2. The molecular formula is C25H29FN2. The summed E-state index contributed by atoms with van der Waals surface area (Å²) in [5.41, 5.74) is 5.29. The van der Waals surface area contributed by atoms with Crippen LogP contribution in [0.5, 0.6) is 0 Å². The highest BCUT2D eigenvalue weighted by Crippen LogP contribution is 2.25. The Bertz CT molecular complexity index is 823. The first-order valence-electron chi connectivity index (χ1n) is 9.86. The molecule has 2 nitrogen and oxygen atoms in total. The topological polar surface area (TPSA) is 15.3 Å². The lowest BCUT2D eigenvalue weighted by atomic mass is 9.99. The molecule has 1 saturated heterocycles. The lowest BCUT2D eigenvalue weighted by Crippen LogP contribution is -2.50. The molecule has 0 aliphatic carbocycles. The van der Waals surface area contributed by atoms with Gasteiger partial charge < -0.3 is 5.32 Å². The summed E-state index contributed by atoms with van der Waals surface area (Å²) in [5, 5.41) is 3.60. The number of nitrogens with one attached hydrogen (secondary N) is 1. The molecule has 2 aromatic carbocycles. The Balaban J connectivity index is 1.63. The van der Waals surface area contributed by atoms with Gasteiger partial charge in [-0.25, -0.2) is 4.39 Å². The van der Waals surface area contributed by atoms with E-state index in [1.54, 1.807) is 0 Å². The van der Waals surface area contributed by atoms with E-state index in [4.69, 9.17) is 0 Å². The van der Waals surface area contributed by atoms with Crippen molar-refractivity contribution >= 4 is 0 Å². The molecule has 1 heterocycles. The van der Waals surface area contributed by atoms with Crippen molar-refractivity contribution in [1.29, 1.82) is 0 Å². The average molecular weight is 377 g/mol. The van der Waals surface area contributed by atoms with E-state index in [1.165, 1.54) is 11.1 Å². The summed E-state index contributed by atoms with van der Waals surface area (Å²) in [6, 6.07) is 16.6. The van der Waals surface area contributed by atoms with Crippen LogP contribution >= 0.6 is 0 Å². The fourth-order valence-electron chi connectivity index (χ4n) is 3.80. The van der Waals surface area contributed by atoms with E-state index < -0.39 is 6.67 Å². The molecule has 2 aromatic rings. The molecule has 0 amide bonds. The summed E-state index contributed by atoms with van der Waals surface area (Å²) in [5.74, 6) is 0. The van der Waals surface area contributed by atoms with Crippen LogP contribution in [0.3, 0.4) is 0 Å². The minimum Gasteiger partial charge on any atom is -0.311 e. The predicted octanol–water partition coefficient (Wildman–Crippen LogP) is 5.29. The van der Waals surface area contributed by atoms with E-state index in [-0.39, 0.29) is 0 Å². The van der Waals surface area contributed by atoms with Crippen molar-refractivity contribution in [1.82, 2.24) is 10.2 Å². The minimum absolute atomic E-state index is 0.425. The predicted molar refractivity (Wildman–Crippen MR) is 117 cm³/mol. The molecular weight excluding hydrogens is 347 g/mol. The van der Waals surface area contributed by atoms with Crippen LogP contribution in [0.25, 0.3) is 11.1 Å². The number of allylic oxidation sites excluding steroid dienone is 3. The number of nitrogens with zero attached hydrogens (tertiary/aromatic N) is 1. The summed E-state index contributed by atoms with van der Waals surface area (Å²) < 4.78 is 13.2. The number of piperazine rings is 1. The largest absolute Gasteiger partial charge is 0.311 e. The van der Waals surface area contributed by atoms with Gasteiger partial charge >= 0.3 is 0 Å². The van der Waals surface area contributed by atoms with Crippen LogP contribution in [0.2, 0.25) is 0 Å². The van der Waals surface area contributed by atoms with E-state index in [2.05, 4.69) is 47.6 Å². The summed E-state index contributed by atoms with van der Waals surface area (Å²) in [6.07, 6.45) is 6.73. The Morgan fingerprint density at radius 3 is 2.64 bits per heavy atom. The number of halogens is 1. The monoisotopic (exact) mass is 376 g/mol. The SMILES string of the molecule is C=C/C=C(\C=C)CC1CN(Cc2ccc(-c3ccccc3CF)cc2)CCN1. The first-order chi connectivity index (χ1) is 13.7. The fraction of sp³-hybridized carbons (Fsp3) is 0.280. The van der Waals surface area contributed by atoms with Gasteiger partial charge in [0.25, 0.3) is 0 Å². The molecule has 1 N–H and O–H groups in total. The molecule has 1 fully saturated rings. The van der Waals surface area contributed by atoms with E-state index in [0.29, 0.717) is 6.04 Å². The molecule has 1 unspecified atom stereocenters. The summed E-state index contributed by atoms with van der Waals surface area (Å²) in [4.78, 5) is 2.49. The molecule has 0 radical (unpaired) electrons. The first kappa shape index (κ1) is 20.2. The van der Waals surface area contributed by atoms with Crippen molar-refractivity contribution in [2.45, 2.75) is 25.7 Å². The number of hydrogen-bond acceptors (Lipinski definition) is 2. The smallest absolute Gasteiger partial charge is 0.115 e. The third-order valence-corrected chi connectivity index (χ3v) is 5.25. The van der Waals surface area contributed by atoms with Crippen molar-refractivity contribution in [2.75, 3.05) is 19.6 Å². The maximum Gasteiger partial charge on any atom is 0.115 e. The molecule has 146 valence electrons. The molecule has 1 aliphatic heterocycles. The zero-order valence-corrected chi connectivity index (χ0v) is 16.4. The quantitative estimate of drug-likeness (QED) is 0.630. The molecule has 1 atom stereocenters. The number of hydrogen-bond donors (Lipinski definition) is 1. The maximum absolute atomic E-state index is 13.2. The molecule has 0 saturated carbocycles. The van der Waals surface area contributed by atoms with Gasteiger partial charge in [-0.05, 0) is 34.2 Å². The van der Waals surface area contributed by atoms with Crippen molar-refractivity contribution in [3.8, 4) is 11.1 Å². The van der Waals surface area contributed by atoms with Crippen LogP contribution in [0.15, 0.2) is 85.5 Å². The van der Waals surface area contributed by atoms with Gasteiger partial charge in [0.15, 0.2) is 0 Å². The zero-order valence-electron chi connectivity index (χ0n) is 16.4. The van der Waals surface area contributed by atoms with Crippen LogP contribution < -0.4 is 5.32 Å². The van der Waals surface area contributed by atoms with E-state index in [0.717, 1.165) is 49.3 Å². The summed E-state index contributed by atoms with van der Waals surface area (Å²) in [6.45, 7) is 11.2. The second kappa shape index (κ2) is 10.2. The Kier molecular flexibility index (Phi) is 7.35. The van der Waals surface area contributed by atoms with Gasteiger partial charge in [-0.2, -0.15) is 0 Å². The first-order valence-corrected chi connectivity index (χ1v) is 9.86. The van der Waals surface area contributed by atoms with Gasteiger partial charge in [0.05, 0.1) is 0 Å². The standard InChI is InChI=1S/C25H29FN2/c1-3-7-20(4-2)16-24-19-28(15-14-27-24)18-21-10-12-22(13-11-21)25-9-6-5-8-23(25)17-26/h3-13,24,27H,1-2,14-19H2/b20-7+. The van der Waals surface area contributed by atoms with Crippen molar-refractivity contribution in [2.24, 2.45) is 0 Å². The number of alkyl halides is 1. The van der Waals surface area contributed by atoms with Crippen LogP contribution in [0.4, 0.5) is 4.39 Å². The van der Waals surface area contributed by atoms with Gasteiger partial charge in [0.2, 0.25) is 0 Å². The lowest BCUT2D eigenvalue weighted by Gasteiger charge is -2.34. The third-order valence-electron chi connectivity index (χ3n) is 5.25. The van der Waals surface area contributed by atoms with Crippen LogP contribution in [0.1, 0.15) is 17.5 Å². The second-order valence-electron chi connectivity index (χ2n) is 7.26. The summed E-state index contributed by atoms with van der Waals surface area (Å²) in [7, 11) is 0. The Hall–Kier alpha value is -2.49. The van der Waals surface area contributed by atoms with E-state index >= 15 is 0 Å².